The van der Waals surface area contributed by atoms with Crippen LogP contribution in [-0.4, -0.2) is 34.1 Å². The zero-order valence-corrected chi connectivity index (χ0v) is 12.2. The Morgan fingerprint density at radius 2 is 2.15 bits per heavy atom. The fraction of sp³-hybridized carbons (Fsp3) is 0.733. The summed E-state index contributed by atoms with van der Waals surface area (Å²) in [6.45, 7) is 3.90. The van der Waals surface area contributed by atoms with Gasteiger partial charge in [-0.2, -0.15) is 5.10 Å². The normalized spacial score (nSPS) is 23.6. The Bertz CT molecular complexity index is 492. The minimum Gasteiger partial charge on any atom is -0.395 e. The Labute approximate surface area is 119 Å². The minimum atomic E-state index is 0.00223. The summed E-state index contributed by atoms with van der Waals surface area (Å²) >= 11 is 0. The molecule has 1 aromatic heterocycles. The first-order valence-electron chi connectivity index (χ1n) is 7.83. The smallest absolute Gasteiger partial charge is 0.276 e. The van der Waals surface area contributed by atoms with Gasteiger partial charge in [-0.05, 0) is 38.0 Å². The van der Waals surface area contributed by atoms with Crippen molar-refractivity contribution < 1.29 is 4.79 Å². The van der Waals surface area contributed by atoms with Crippen LogP contribution in [0.2, 0.25) is 0 Å². The first kappa shape index (κ1) is 13.5. The number of hydrogen-bond acceptors (Lipinski definition) is 3. The standard InChI is InChI=1S/C15H24N4O/c1-2-10-4-3-8-19(9-7-10)15(20)14-12(16)13(17-18-14)11-5-6-11/h10-11H,2-9,16H2,1H3,(H,17,18). The number of aromatic amines is 1. The van der Waals surface area contributed by atoms with Crippen LogP contribution >= 0.6 is 0 Å². The molecule has 1 atom stereocenters. The molecule has 1 unspecified atom stereocenters. The third kappa shape index (κ3) is 2.53. The fourth-order valence-electron chi connectivity index (χ4n) is 3.14. The van der Waals surface area contributed by atoms with Gasteiger partial charge in [-0.25, -0.2) is 0 Å². The third-order valence-corrected chi connectivity index (χ3v) is 4.73. The van der Waals surface area contributed by atoms with Crippen LogP contribution in [0.15, 0.2) is 0 Å². The molecule has 0 aromatic carbocycles. The van der Waals surface area contributed by atoms with Crippen LogP contribution < -0.4 is 5.73 Å². The summed E-state index contributed by atoms with van der Waals surface area (Å²) in [6, 6.07) is 0. The van der Waals surface area contributed by atoms with Crippen LogP contribution in [-0.2, 0) is 0 Å². The molecule has 0 bridgehead atoms. The molecule has 0 radical (unpaired) electrons. The number of nitrogen functional groups attached to an aromatic ring is 1. The number of aromatic nitrogens is 2. The Morgan fingerprint density at radius 1 is 1.35 bits per heavy atom. The summed E-state index contributed by atoms with van der Waals surface area (Å²) in [6.07, 6.45) is 6.93. The summed E-state index contributed by atoms with van der Waals surface area (Å²) in [7, 11) is 0. The van der Waals surface area contributed by atoms with Gasteiger partial charge in [0.25, 0.3) is 5.91 Å². The fourth-order valence-corrected chi connectivity index (χ4v) is 3.14. The van der Waals surface area contributed by atoms with Crippen molar-refractivity contribution in [1.82, 2.24) is 15.1 Å². The highest BCUT2D eigenvalue weighted by Crippen LogP contribution is 2.42. The van der Waals surface area contributed by atoms with E-state index in [1.165, 1.54) is 12.8 Å². The lowest BCUT2D eigenvalue weighted by atomic mass is 9.98. The maximum Gasteiger partial charge on any atom is 0.276 e. The largest absolute Gasteiger partial charge is 0.395 e. The Morgan fingerprint density at radius 3 is 2.85 bits per heavy atom. The van der Waals surface area contributed by atoms with Gasteiger partial charge >= 0.3 is 0 Å². The maximum atomic E-state index is 12.6. The second-order valence-corrected chi connectivity index (χ2v) is 6.17. The van der Waals surface area contributed by atoms with E-state index >= 15 is 0 Å². The first-order valence-corrected chi connectivity index (χ1v) is 7.83. The molecule has 5 heteroatoms. The summed E-state index contributed by atoms with van der Waals surface area (Å²) in [5, 5.41) is 7.15. The van der Waals surface area contributed by atoms with Gasteiger partial charge in [0.1, 0.15) is 0 Å². The lowest BCUT2D eigenvalue weighted by Gasteiger charge is -2.19. The van der Waals surface area contributed by atoms with Crippen molar-refractivity contribution in [2.24, 2.45) is 5.92 Å². The number of H-pyrrole nitrogens is 1. The van der Waals surface area contributed by atoms with Gasteiger partial charge in [-0.1, -0.05) is 13.3 Å². The van der Waals surface area contributed by atoms with Crippen LogP contribution in [0.4, 0.5) is 5.69 Å². The van der Waals surface area contributed by atoms with Crippen molar-refractivity contribution >= 4 is 11.6 Å². The molecule has 2 heterocycles. The molecule has 5 nitrogen and oxygen atoms in total. The van der Waals surface area contributed by atoms with Crippen molar-refractivity contribution in [2.45, 2.75) is 51.4 Å². The number of carbonyl (C=O) groups is 1. The van der Waals surface area contributed by atoms with Crippen molar-refractivity contribution in [3.63, 3.8) is 0 Å². The number of carbonyl (C=O) groups excluding carboxylic acids is 1. The van der Waals surface area contributed by atoms with Gasteiger partial charge in [0.05, 0.1) is 11.4 Å². The molecule has 1 aromatic rings. The third-order valence-electron chi connectivity index (χ3n) is 4.73. The van der Waals surface area contributed by atoms with Crippen LogP contribution in [0, 0.1) is 5.92 Å². The molecule has 2 fully saturated rings. The van der Waals surface area contributed by atoms with Crippen molar-refractivity contribution in [3.8, 4) is 0 Å². The zero-order chi connectivity index (χ0) is 14.1. The first-order chi connectivity index (χ1) is 9.70. The summed E-state index contributed by atoms with van der Waals surface area (Å²) in [5.41, 5.74) is 8.08. The average Bonchev–Trinajstić information content (AvgIpc) is 3.25. The van der Waals surface area contributed by atoms with Crippen molar-refractivity contribution in [3.05, 3.63) is 11.4 Å². The highest BCUT2D eigenvalue weighted by atomic mass is 16.2. The van der Waals surface area contributed by atoms with Crippen LogP contribution in [0.25, 0.3) is 0 Å². The van der Waals surface area contributed by atoms with E-state index < -0.39 is 0 Å². The lowest BCUT2D eigenvalue weighted by molar-refractivity contribution is 0.0755. The zero-order valence-electron chi connectivity index (χ0n) is 12.2. The molecule has 0 spiro atoms. The number of hydrogen-bond donors (Lipinski definition) is 2. The Balaban J connectivity index is 1.71. The molecule has 1 aliphatic carbocycles. The van der Waals surface area contributed by atoms with E-state index in [4.69, 9.17) is 5.73 Å². The molecule has 110 valence electrons. The van der Waals surface area contributed by atoms with Crippen LogP contribution in [0.3, 0.4) is 0 Å². The van der Waals surface area contributed by atoms with E-state index in [0.717, 1.165) is 50.4 Å². The number of nitrogens with two attached hydrogens (primary N) is 1. The van der Waals surface area contributed by atoms with Gasteiger partial charge < -0.3 is 10.6 Å². The number of anilines is 1. The molecule has 1 saturated heterocycles. The molecule has 3 N–H and O–H groups in total. The van der Waals surface area contributed by atoms with Crippen molar-refractivity contribution in [1.29, 1.82) is 0 Å². The highest BCUT2D eigenvalue weighted by Gasteiger charge is 2.32. The van der Waals surface area contributed by atoms with E-state index in [1.54, 1.807) is 0 Å². The number of rotatable bonds is 3. The number of amides is 1. The topological polar surface area (TPSA) is 75.0 Å². The van der Waals surface area contributed by atoms with Crippen LogP contribution in [0.5, 0.6) is 0 Å². The SMILES string of the molecule is CCC1CCCN(C(=O)c2n[nH]c(C3CC3)c2N)CC1. The van der Waals surface area contributed by atoms with Gasteiger partial charge in [0, 0.05) is 19.0 Å². The minimum absolute atomic E-state index is 0.00223. The maximum absolute atomic E-state index is 12.6. The van der Waals surface area contributed by atoms with Gasteiger partial charge in [0.2, 0.25) is 0 Å². The molecule has 1 aliphatic heterocycles. The van der Waals surface area contributed by atoms with E-state index in [9.17, 15) is 4.79 Å². The second kappa shape index (κ2) is 5.46. The van der Waals surface area contributed by atoms with Gasteiger partial charge in [0.15, 0.2) is 5.69 Å². The summed E-state index contributed by atoms with van der Waals surface area (Å²) in [5.74, 6) is 1.26. The highest BCUT2D eigenvalue weighted by molar-refractivity contribution is 5.97. The molecule has 1 saturated carbocycles. The predicted octanol–water partition coefficient (Wildman–Crippen LogP) is 2.52. The molecule has 1 amide bonds. The monoisotopic (exact) mass is 276 g/mol. The van der Waals surface area contributed by atoms with Gasteiger partial charge in [-0.3, -0.25) is 9.89 Å². The second-order valence-electron chi connectivity index (χ2n) is 6.17. The summed E-state index contributed by atoms with van der Waals surface area (Å²) < 4.78 is 0. The Kier molecular flexibility index (Phi) is 3.68. The average molecular weight is 276 g/mol. The molecule has 20 heavy (non-hydrogen) atoms. The Hall–Kier alpha value is -1.52. The van der Waals surface area contributed by atoms with E-state index in [2.05, 4.69) is 17.1 Å². The van der Waals surface area contributed by atoms with Gasteiger partial charge in [-0.15, -0.1) is 0 Å². The van der Waals surface area contributed by atoms with E-state index in [0.29, 0.717) is 17.3 Å². The number of nitrogens with zero attached hydrogens (tertiary/aromatic N) is 2. The molecule has 2 aliphatic rings. The van der Waals surface area contributed by atoms with Crippen molar-refractivity contribution in [2.75, 3.05) is 18.8 Å². The van der Waals surface area contributed by atoms with E-state index in [-0.39, 0.29) is 5.91 Å². The molecular formula is C15H24N4O. The number of nitrogens with one attached hydrogen (secondary N) is 1. The number of likely N-dealkylation sites (tertiary alicyclic amines) is 1. The lowest BCUT2D eigenvalue weighted by Crippen LogP contribution is -2.32. The predicted molar refractivity (Wildman–Crippen MR) is 78.5 cm³/mol. The summed E-state index contributed by atoms with van der Waals surface area (Å²) in [4.78, 5) is 14.5. The van der Waals surface area contributed by atoms with E-state index in [1.807, 2.05) is 4.90 Å². The molecular weight excluding hydrogens is 252 g/mol. The van der Waals surface area contributed by atoms with Crippen LogP contribution in [0.1, 0.15) is 67.5 Å². The molecule has 3 rings (SSSR count). The quantitative estimate of drug-likeness (QED) is 0.890.